The maximum atomic E-state index is 14.1. The van der Waals surface area contributed by atoms with Crippen LogP contribution in [-0.4, -0.2) is 81.4 Å². The second-order valence-corrected chi connectivity index (χ2v) is 16.3. The zero-order valence-electron chi connectivity index (χ0n) is 28.0. The van der Waals surface area contributed by atoms with Crippen LogP contribution in [0.2, 0.25) is 0 Å². The van der Waals surface area contributed by atoms with Crippen LogP contribution in [0.4, 0.5) is 0 Å². The summed E-state index contributed by atoms with van der Waals surface area (Å²) in [6, 6.07) is 12.8. The van der Waals surface area contributed by atoms with Crippen molar-refractivity contribution in [3.8, 4) is 16.5 Å². The molecule has 262 valence electrons. The van der Waals surface area contributed by atoms with Crippen molar-refractivity contribution in [1.29, 1.82) is 0 Å². The van der Waals surface area contributed by atoms with E-state index in [-0.39, 0.29) is 30.3 Å². The first kappa shape index (κ1) is 35.1. The molecular formula is C35H38N6O7S2. The summed E-state index contributed by atoms with van der Waals surface area (Å²) in [6.45, 7) is 10.5. The highest BCUT2D eigenvalue weighted by Crippen LogP contribution is 2.45. The van der Waals surface area contributed by atoms with E-state index in [1.165, 1.54) is 34.6 Å². The number of fused-ring (bicyclic) bond motifs is 1. The summed E-state index contributed by atoms with van der Waals surface area (Å²) in [5.74, 6) is -2.70. The average molecular weight is 719 g/mol. The highest BCUT2D eigenvalue weighted by molar-refractivity contribution is 7.90. The van der Waals surface area contributed by atoms with Crippen LogP contribution in [0.15, 0.2) is 77.8 Å². The zero-order chi connectivity index (χ0) is 36.0. The summed E-state index contributed by atoms with van der Waals surface area (Å²) in [4.78, 5) is 57.0. The number of likely N-dealkylation sites (tertiary alicyclic amines) is 1. The molecule has 0 unspecified atom stereocenters. The smallest absolute Gasteiger partial charge is 0.281 e. The number of carbonyl (C=O) groups is 3. The normalized spacial score (nSPS) is 22.5. The Bertz CT molecular complexity index is 2060. The van der Waals surface area contributed by atoms with Gasteiger partial charge in [0.1, 0.15) is 29.5 Å². The van der Waals surface area contributed by atoms with Gasteiger partial charge in [-0.3, -0.25) is 14.4 Å². The van der Waals surface area contributed by atoms with Crippen molar-refractivity contribution in [3.05, 3.63) is 78.3 Å². The van der Waals surface area contributed by atoms with E-state index in [2.05, 4.69) is 21.6 Å². The molecule has 5 atom stereocenters. The van der Waals surface area contributed by atoms with Gasteiger partial charge in [-0.2, -0.15) is 8.42 Å². The van der Waals surface area contributed by atoms with Crippen molar-refractivity contribution in [2.45, 2.75) is 69.4 Å². The summed E-state index contributed by atoms with van der Waals surface area (Å²) >= 11 is 1.46. The molecule has 0 spiro atoms. The second kappa shape index (κ2) is 13.2. The lowest BCUT2D eigenvalue weighted by Crippen LogP contribution is -2.57. The first-order chi connectivity index (χ1) is 23.6. The number of aliphatic hydroxyl groups excluding tert-OH is 1. The van der Waals surface area contributed by atoms with E-state index >= 15 is 0 Å². The Morgan fingerprint density at radius 1 is 1.12 bits per heavy atom. The molecule has 3 aromatic heterocycles. The quantitative estimate of drug-likeness (QED) is 0.206. The largest absolute Gasteiger partial charge is 0.471 e. The molecule has 6 rings (SSSR count). The van der Waals surface area contributed by atoms with Crippen molar-refractivity contribution in [3.63, 3.8) is 0 Å². The molecule has 1 aliphatic carbocycles. The van der Waals surface area contributed by atoms with Crippen molar-refractivity contribution in [1.82, 2.24) is 29.9 Å². The number of benzene rings is 1. The number of ether oxygens (including phenoxy) is 1. The Morgan fingerprint density at radius 3 is 2.44 bits per heavy atom. The lowest BCUT2D eigenvalue weighted by atomic mass is 9.88. The molecule has 1 saturated carbocycles. The molecule has 4 aromatic rings. The van der Waals surface area contributed by atoms with Gasteiger partial charge in [0.15, 0.2) is 5.03 Å². The third-order valence-electron chi connectivity index (χ3n) is 8.91. The molecule has 1 aliphatic heterocycles. The number of aromatic nitrogens is 3. The van der Waals surface area contributed by atoms with Crippen LogP contribution in [0, 0.1) is 18.3 Å². The Balaban J connectivity index is 1.28. The maximum Gasteiger partial charge on any atom is 0.281 e. The molecule has 50 heavy (non-hydrogen) atoms. The third-order valence-corrected chi connectivity index (χ3v) is 11.0. The minimum atomic E-state index is -4.37. The van der Waals surface area contributed by atoms with E-state index in [1.807, 2.05) is 35.7 Å². The maximum absolute atomic E-state index is 14.1. The summed E-state index contributed by atoms with van der Waals surface area (Å²) < 4.78 is 34.6. The summed E-state index contributed by atoms with van der Waals surface area (Å²) in [6.07, 6.45) is 0.715. The monoisotopic (exact) mass is 718 g/mol. The van der Waals surface area contributed by atoms with Crippen LogP contribution in [0.5, 0.6) is 5.88 Å². The molecule has 0 bridgehead atoms. The molecule has 0 radical (unpaired) electrons. The third kappa shape index (κ3) is 6.85. The molecule has 13 nitrogen and oxygen atoms in total. The van der Waals surface area contributed by atoms with Gasteiger partial charge in [-0.05, 0) is 54.0 Å². The van der Waals surface area contributed by atoms with Gasteiger partial charge in [0.05, 0.1) is 22.5 Å². The van der Waals surface area contributed by atoms with E-state index < -0.39 is 62.9 Å². The fourth-order valence-corrected chi connectivity index (χ4v) is 7.59. The number of carbonyl (C=O) groups excluding carboxylic acids is 3. The minimum Gasteiger partial charge on any atom is -0.471 e. The van der Waals surface area contributed by atoms with Crippen molar-refractivity contribution in [2.24, 2.45) is 11.3 Å². The molecular weight excluding hydrogens is 681 g/mol. The molecule has 15 heteroatoms. The number of nitrogens with zero attached hydrogens (tertiary/aromatic N) is 4. The highest BCUT2D eigenvalue weighted by atomic mass is 32.2. The Kier molecular flexibility index (Phi) is 9.26. The second-order valence-electron chi connectivity index (χ2n) is 13.7. The molecule has 1 saturated heterocycles. The molecule has 3 amide bonds. The number of aryl methyl sites for hydroxylation is 1. The zero-order valence-corrected chi connectivity index (χ0v) is 29.6. The van der Waals surface area contributed by atoms with Crippen LogP contribution in [0.3, 0.4) is 0 Å². The van der Waals surface area contributed by atoms with Gasteiger partial charge in [-0.1, -0.05) is 51.1 Å². The SMILES string of the molecule is C=C[C@@H]1C[C@]1(NC(=O)[C@@H]1C[C@@H](Oc2nc3ccccc3nc2-c2cccs2)CN1C(=O)[C@@H](O)C(C)(C)C)C(=O)NS(=O)(=O)c1ccc(C)cn1. The van der Waals surface area contributed by atoms with Gasteiger partial charge in [-0.25, -0.2) is 19.7 Å². The van der Waals surface area contributed by atoms with Crippen LogP contribution in [-0.2, 0) is 24.4 Å². The van der Waals surface area contributed by atoms with Crippen molar-refractivity contribution < 1.29 is 32.6 Å². The van der Waals surface area contributed by atoms with E-state index in [9.17, 15) is 27.9 Å². The van der Waals surface area contributed by atoms with Gasteiger partial charge in [0.2, 0.25) is 11.8 Å². The standard InChI is InChI=1S/C35H38N6O7S2/c1-6-21-17-35(21,33(45)40-50(46,47)27-14-13-20(2)18-36-27)39-30(43)25-16-22(19-41(25)32(44)29(42)34(3,4)5)48-31-28(26-12-9-15-49-26)37-23-10-7-8-11-24(23)38-31/h6-15,18,21-22,25,29,42H,1,16-17,19H2,2-5H3,(H,39,43)(H,40,45)/t21-,22-,25+,29-,35-/m1/s1. The lowest BCUT2D eigenvalue weighted by molar-refractivity contribution is -0.150. The summed E-state index contributed by atoms with van der Waals surface area (Å²) in [7, 11) is -4.37. The number of hydrogen-bond acceptors (Lipinski definition) is 11. The topological polar surface area (TPSA) is 181 Å². The number of thiophene rings is 1. The molecule has 3 N–H and O–H groups in total. The van der Waals surface area contributed by atoms with Gasteiger partial charge < -0.3 is 20.1 Å². The Labute approximate surface area is 293 Å². The molecule has 2 aliphatic rings. The summed E-state index contributed by atoms with van der Waals surface area (Å²) in [5.41, 5.74) is 0.0186. The fourth-order valence-electron chi connectivity index (χ4n) is 5.92. The molecule has 1 aromatic carbocycles. The van der Waals surface area contributed by atoms with E-state index in [1.54, 1.807) is 39.8 Å². The minimum absolute atomic E-state index is 0.00510. The summed E-state index contributed by atoms with van der Waals surface area (Å²) in [5, 5.41) is 15.3. The van der Waals surface area contributed by atoms with E-state index in [0.717, 1.165) is 10.4 Å². The van der Waals surface area contributed by atoms with Crippen LogP contribution >= 0.6 is 11.3 Å². The van der Waals surface area contributed by atoms with E-state index in [0.29, 0.717) is 16.7 Å². The number of nitrogens with one attached hydrogen (secondary N) is 2. The number of aliphatic hydroxyl groups is 1. The first-order valence-electron chi connectivity index (χ1n) is 16.0. The predicted molar refractivity (Wildman–Crippen MR) is 186 cm³/mol. The number of hydrogen-bond donors (Lipinski definition) is 3. The van der Waals surface area contributed by atoms with Crippen molar-refractivity contribution in [2.75, 3.05) is 6.54 Å². The number of pyridine rings is 1. The highest BCUT2D eigenvalue weighted by Gasteiger charge is 2.61. The van der Waals surface area contributed by atoms with Gasteiger partial charge in [-0.15, -0.1) is 17.9 Å². The van der Waals surface area contributed by atoms with Crippen LogP contribution in [0.1, 0.15) is 39.2 Å². The van der Waals surface area contributed by atoms with Gasteiger partial charge in [0.25, 0.3) is 21.8 Å². The number of para-hydroxylation sites is 2. The predicted octanol–water partition coefficient (Wildman–Crippen LogP) is 3.38. The van der Waals surface area contributed by atoms with E-state index in [4.69, 9.17) is 14.7 Å². The lowest BCUT2D eigenvalue weighted by Gasteiger charge is -2.32. The average Bonchev–Trinajstić information content (AvgIpc) is 3.37. The number of amides is 3. The Hall–Kier alpha value is -4.73. The van der Waals surface area contributed by atoms with Crippen molar-refractivity contribution >= 4 is 50.1 Å². The number of rotatable bonds is 10. The first-order valence-corrected chi connectivity index (χ1v) is 18.4. The van der Waals surface area contributed by atoms with Gasteiger partial charge >= 0.3 is 0 Å². The van der Waals surface area contributed by atoms with Crippen LogP contribution in [0.25, 0.3) is 21.6 Å². The Morgan fingerprint density at radius 2 is 1.84 bits per heavy atom. The fraction of sp³-hybridized carbons (Fsp3) is 0.371. The molecule has 4 heterocycles. The van der Waals surface area contributed by atoms with Gasteiger partial charge in [0, 0.05) is 18.5 Å². The van der Waals surface area contributed by atoms with Crippen LogP contribution < -0.4 is 14.8 Å². The molecule has 2 fully saturated rings. The number of sulfonamides is 1.